The van der Waals surface area contributed by atoms with Gasteiger partial charge in [-0.25, -0.2) is 17.5 Å². The molecule has 1 aliphatic heterocycles. The van der Waals surface area contributed by atoms with Crippen molar-refractivity contribution in [1.29, 1.82) is 5.26 Å². The molecule has 1 N–H and O–H groups in total. The van der Waals surface area contributed by atoms with E-state index >= 15 is 0 Å². The molecule has 0 spiro atoms. The molecule has 0 aliphatic carbocycles. The summed E-state index contributed by atoms with van der Waals surface area (Å²) in [5.74, 6) is -0.621. The Labute approximate surface area is 163 Å². The highest BCUT2D eigenvalue weighted by molar-refractivity contribution is 7.89. The first-order valence-corrected chi connectivity index (χ1v) is 10.4. The number of carbonyl (C=O) groups excluding carboxylic acids is 1. The largest absolute Gasteiger partial charge is 0.339 e. The summed E-state index contributed by atoms with van der Waals surface area (Å²) in [6.45, 7) is 0.857. The van der Waals surface area contributed by atoms with Gasteiger partial charge in [0.25, 0.3) is 5.91 Å². The van der Waals surface area contributed by atoms with Crippen LogP contribution < -0.4 is 4.72 Å². The zero-order valence-corrected chi connectivity index (χ0v) is 16.0. The van der Waals surface area contributed by atoms with Gasteiger partial charge in [-0.2, -0.15) is 5.26 Å². The Hall–Kier alpha value is -2.76. The first-order chi connectivity index (χ1) is 13.4. The van der Waals surface area contributed by atoms with E-state index in [0.717, 1.165) is 17.7 Å². The van der Waals surface area contributed by atoms with Gasteiger partial charge in [0.1, 0.15) is 5.82 Å². The van der Waals surface area contributed by atoms with Gasteiger partial charge < -0.3 is 4.90 Å². The Morgan fingerprint density at radius 1 is 1.18 bits per heavy atom. The van der Waals surface area contributed by atoms with Crippen molar-refractivity contribution in [2.24, 2.45) is 0 Å². The zero-order chi connectivity index (χ0) is 20.1. The van der Waals surface area contributed by atoms with E-state index in [1.54, 1.807) is 29.2 Å². The van der Waals surface area contributed by atoms with Crippen LogP contribution in [0.4, 0.5) is 4.39 Å². The van der Waals surface area contributed by atoms with Gasteiger partial charge in [0.2, 0.25) is 10.0 Å². The molecule has 0 atom stereocenters. The van der Waals surface area contributed by atoms with Gasteiger partial charge in [0, 0.05) is 24.7 Å². The number of likely N-dealkylation sites (tertiary alicyclic amines) is 1. The molecule has 8 heteroatoms. The highest BCUT2D eigenvalue weighted by Gasteiger charge is 2.27. The van der Waals surface area contributed by atoms with E-state index in [1.165, 1.54) is 12.1 Å². The molecule has 28 heavy (non-hydrogen) atoms. The Morgan fingerprint density at radius 2 is 1.86 bits per heavy atom. The molecule has 1 saturated heterocycles. The van der Waals surface area contributed by atoms with Crippen LogP contribution in [0.2, 0.25) is 0 Å². The number of carbonyl (C=O) groups is 1. The summed E-state index contributed by atoms with van der Waals surface area (Å²) >= 11 is 0. The predicted molar refractivity (Wildman–Crippen MR) is 101 cm³/mol. The van der Waals surface area contributed by atoms with Crippen LogP contribution in [0.3, 0.4) is 0 Å². The highest BCUT2D eigenvalue weighted by Crippen LogP contribution is 2.18. The maximum atomic E-state index is 13.0. The lowest BCUT2D eigenvalue weighted by Crippen LogP contribution is -2.46. The summed E-state index contributed by atoms with van der Waals surface area (Å²) < 4.78 is 40.4. The Balaban J connectivity index is 1.60. The van der Waals surface area contributed by atoms with E-state index in [2.05, 4.69) is 10.8 Å². The van der Waals surface area contributed by atoms with E-state index in [9.17, 15) is 17.6 Å². The van der Waals surface area contributed by atoms with Crippen LogP contribution in [0.15, 0.2) is 53.4 Å². The minimum atomic E-state index is -3.73. The topological polar surface area (TPSA) is 90.3 Å². The number of nitrogens with one attached hydrogen (secondary N) is 1. The second-order valence-electron chi connectivity index (χ2n) is 6.68. The van der Waals surface area contributed by atoms with E-state index in [-0.39, 0.29) is 23.3 Å². The molecule has 2 aromatic carbocycles. The van der Waals surface area contributed by atoms with Crippen molar-refractivity contribution in [3.05, 3.63) is 65.5 Å². The minimum absolute atomic E-state index is 0.0155. The van der Waals surface area contributed by atoms with Gasteiger partial charge in [-0.1, -0.05) is 12.1 Å². The number of nitriles is 1. The van der Waals surface area contributed by atoms with Crippen molar-refractivity contribution in [2.45, 2.75) is 30.2 Å². The smallest absolute Gasteiger partial charge is 0.253 e. The fourth-order valence-corrected chi connectivity index (χ4v) is 4.49. The quantitative estimate of drug-likeness (QED) is 0.833. The zero-order valence-electron chi connectivity index (χ0n) is 15.1. The Bertz CT molecular complexity index is 992. The second-order valence-corrected chi connectivity index (χ2v) is 8.39. The van der Waals surface area contributed by atoms with Crippen LogP contribution in [-0.4, -0.2) is 38.4 Å². The molecule has 0 aromatic heterocycles. The van der Waals surface area contributed by atoms with Crippen LogP contribution in [0.5, 0.6) is 0 Å². The van der Waals surface area contributed by atoms with Crippen molar-refractivity contribution >= 4 is 15.9 Å². The summed E-state index contributed by atoms with van der Waals surface area (Å²) in [4.78, 5) is 14.4. The average molecular weight is 401 g/mol. The van der Waals surface area contributed by atoms with Gasteiger partial charge in [0.15, 0.2) is 0 Å². The van der Waals surface area contributed by atoms with Crippen molar-refractivity contribution in [3.63, 3.8) is 0 Å². The Kier molecular flexibility index (Phi) is 6.07. The number of benzene rings is 2. The number of nitrogens with zero attached hydrogens (tertiary/aromatic N) is 2. The lowest BCUT2D eigenvalue weighted by molar-refractivity contribution is 0.0711. The van der Waals surface area contributed by atoms with Crippen LogP contribution >= 0.6 is 0 Å². The molecule has 146 valence electrons. The van der Waals surface area contributed by atoms with Gasteiger partial charge in [-0.15, -0.1) is 0 Å². The molecule has 1 amide bonds. The standard InChI is InChI=1S/C20H20FN3O3S/c21-17-4-6-19(7-5-17)28(26,27)23-18-9-12-24(13-10-18)20(25)16-3-1-2-15(14-16)8-11-22/h1-7,14,18,23H,8-10,12-13H2. The molecule has 0 bridgehead atoms. The van der Waals surface area contributed by atoms with Crippen molar-refractivity contribution in [2.75, 3.05) is 13.1 Å². The van der Waals surface area contributed by atoms with Crippen molar-refractivity contribution in [3.8, 4) is 6.07 Å². The number of hydrogen-bond acceptors (Lipinski definition) is 4. The summed E-state index contributed by atoms with van der Waals surface area (Å²) in [6, 6.07) is 13.4. The Morgan fingerprint density at radius 3 is 2.50 bits per heavy atom. The summed E-state index contributed by atoms with van der Waals surface area (Å²) in [5.41, 5.74) is 1.31. The molecule has 0 unspecified atom stereocenters. The fourth-order valence-electron chi connectivity index (χ4n) is 3.19. The predicted octanol–water partition coefficient (Wildman–Crippen LogP) is 2.47. The van der Waals surface area contributed by atoms with Crippen LogP contribution in [-0.2, 0) is 16.4 Å². The first kappa shape index (κ1) is 20.0. The van der Waals surface area contributed by atoms with Gasteiger partial charge in [0.05, 0.1) is 17.4 Å². The lowest BCUT2D eigenvalue weighted by Gasteiger charge is -2.32. The SMILES string of the molecule is N#CCc1cccc(C(=O)N2CCC(NS(=O)(=O)c3ccc(F)cc3)CC2)c1. The lowest BCUT2D eigenvalue weighted by atomic mass is 10.0. The number of hydrogen-bond donors (Lipinski definition) is 1. The number of piperidine rings is 1. The molecular weight excluding hydrogens is 381 g/mol. The maximum absolute atomic E-state index is 13.0. The van der Waals surface area contributed by atoms with Gasteiger partial charge in [-0.3, -0.25) is 4.79 Å². The molecule has 1 fully saturated rings. The second kappa shape index (κ2) is 8.50. The van der Waals surface area contributed by atoms with E-state index < -0.39 is 15.8 Å². The van der Waals surface area contributed by atoms with Gasteiger partial charge in [-0.05, 0) is 54.8 Å². The fraction of sp³-hybridized carbons (Fsp3) is 0.300. The third-order valence-electron chi connectivity index (χ3n) is 4.69. The average Bonchev–Trinajstić information content (AvgIpc) is 2.68. The molecule has 1 aliphatic rings. The minimum Gasteiger partial charge on any atom is -0.339 e. The van der Waals surface area contributed by atoms with Crippen LogP contribution in [0.1, 0.15) is 28.8 Å². The van der Waals surface area contributed by atoms with Crippen LogP contribution in [0, 0.1) is 17.1 Å². The monoisotopic (exact) mass is 401 g/mol. The molecule has 0 radical (unpaired) electrons. The van der Waals surface area contributed by atoms with Crippen LogP contribution in [0.25, 0.3) is 0 Å². The number of halogens is 1. The molecule has 6 nitrogen and oxygen atoms in total. The first-order valence-electron chi connectivity index (χ1n) is 8.92. The van der Waals surface area contributed by atoms with E-state index in [1.807, 2.05) is 0 Å². The number of amides is 1. The maximum Gasteiger partial charge on any atom is 0.253 e. The summed E-state index contributed by atoms with van der Waals surface area (Å²) in [6.07, 6.45) is 1.22. The third-order valence-corrected chi connectivity index (χ3v) is 6.22. The van der Waals surface area contributed by atoms with E-state index in [0.29, 0.717) is 31.5 Å². The van der Waals surface area contributed by atoms with E-state index in [4.69, 9.17) is 5.26 Å². The summed E-state index contributed by atoms with van der Waals surface area (Å²) in [7, 11) is -3.73. The van der Waals surface area contributed by atoms with Crippen molar-refractivity contribution in [1.82, 2.24) is 9.62 Å². The molecular formula is C20H20FN3O3S. The summed E-state index contributed by atoms with van der Waals surface area (Å²) in [5, 5.41) is 8.80. The highest BCUT2D eigenvalue weighted by atomic mass is 32.2. The number of rotatable bonds is 5. The molecule has 0 saturated carbocycles. The molecule has 3 rings (SSSR count). The third kappa shape index (κ3) is 4.74. The normalized spacial score (nSPS) is 15.2. The number of sulfonamides is 1. The molecule has 2 aromatic rings. The van der Waals surface area contributed by atoms with Gasteiger partial charge >= 0.3 is 0 Å². The van der Waals surface area contributed by atoms with Crippen molar-refractivity contribution < 1.29 is 17.6 Å². The molecule has 1 heterocycles.